The van der Waals surface area contributed by atoms with Gasteiger partial charge in [-0.2, -0.15) is 0 Å². The van der Waals surface area contributed by atoms with Crippen LogP contribution in [-0.2, 0) is 4.74 Å². The fraction of sp³-hybridized carbons (Fsp3) is 1.00. The van der Waals surface area contributed by atoms with Gasteiger partial charge < -0.3 is 10.1 Å². The molecule has 16 heavy (non-hydrogen) atoms. The Labute approximate surface area is 100 Å². The fourth-order valence-electron chi connectivity index (χ4n) is 3.22. The molecule has 1 saturated heterocycles. The highest BCUT2D eigenvalue weighted by atomic mass is 16.5. The minimum Gasteiger partial charge on any atom is -0.381 e. The van der Waals surface area contributed by atoms with Gasteiger partial charge in [-0.25, -0.2) is 0 Å². The Balaban J connectivity index is 1.74. The van der Waals surface area contributed by atoms with E-state index in [0.29, 0.717) is 0 Å². The molecule has 2 fully saturated rings. The highest BCUT2D eigenvalue weighted by molar-refractivity contribution is 4.81. The van der Waals surface area contributed by atoms with Crippen LogP contribution in [0.25, 0.3) is 0 Å². The lowest BCUT2D eigenvalue weighted by atomic mass is 9.84. The Morgan fingerprint density at radius 1 is 1.00 bits per heavy atom. The van der Waals surface area contributed by atoms with Crippen LogP contribution >= 0.6 is 0 Å². The van der Waals surface area contributed by atoms with Gasteiger partial charge in [0.05, 0.1) is 0 Å². The van der Waals surface area contributed by atoms with E-state index in [0.717, 1.165) is 31.2 Å². The van der Waals surface area contributed by atoms with E-state index in [4.69, 9.17) is 4.74 Å². The molecular weight excluding hydrogens is 198 g/mol. The van der Waals surface area contributed by atoms with Crippen molar-refractivity contribution in [1.82, 2.24) is 5.32 Å². The lowest BCUT2D eigenvalue weighted by Crippen LogP contribution is -2.41. The second-order valence-electron chi connectivity index (χ2n) is 5.54. The standard InChI is InChI=1S/C14H27NO/c1-2-12-5-3-6-14(11-12)15-13-7-4-9-16-10-8-13/h12-15H,2-11H2,1H3. The minimum absolute atomic E-state index is 0.725. The van der Waals surface area contributed by atoms with E-state index < -0.39 is 0 Å². The van der Waals surface area contributed by atoms with E-state index >= 15 is 0 Å². The Bertz CT molecular complexity index is 187. The number of nitrogens with one attached hydrogen (secondary N) is 1. The van der Waals surface area contributed by atoms with Crippen molar-refractivity contribution in [3.8, 4) is 0 Å². The molecule has 1 saturated carbocycles. The van der Waals surface area contributed by atoms with Crippen LogP contribution in [0.15, 0.2) is 0 Å². The van der Waals surface area contributed by atoms with Crippen LogP contribution in [0, 0.1) is 5.92 Å². The summed E-state index contributed by atoms with van der Waals surface area (Å²) in [5.74, 6) is 0.980. The van der Waals surface area contributed by atoms with Crippen molar-refractivity contribution in [1.29, 1.82) is 0 Å². The van der Waals surface area contributed by atoms with Crippen LogP contribution in [0.2, 0.25) is 0 Å². The summed E-state index contributed by atoms with van der Waals surface area (Å²) < 4.78 is 5.52. The van der Waals surface area contributed by atoms with Gasteiger partial charge in [-0.3, -0.25) is 0 Å². The second-order valence-corrected chi connectivity index (χ2v) is 5.54. The molecule has 2 heteroatoms. The lowest BCUT2D eigenvalue weighted by molar-refractivity contribution is 0.141. The van der Waals surface area contributed by atoms with Crippen molar-refractivity contribution in [3.05, 3.63) is 0 Å². The molecule has 1 heterocycles. The summed E-state index contributed by atoms with van der Waals surface area (Å²) in [4.78, 5) is 0. The molecule has 0 amide bonds. The first-order chi connectivity index (χ1) is 7.88. The maximum absolute atomic E-state index is 5.52. The normalized spacial score (nSPS) is 36.9. The van der Waals surface area contributed by atoms with Gasteiger partial charge in [-0.1, -0.05) is 26.2 Å². The molecule has 0 aromatic carbocycles. The van der Waals surface area contributed by atoms with Crippen molar-refractivity contribution >= 4 is 0 Å². The van der Waals surface area contributed by atoms with Gasteiger partial charge in [0.1, 0.15) is 0 Å². The number of hydrogen-bond donors (Lipinski definition) is 1. The van der Waals surface area contributed by atoms with E-state index in [2.05, 4.69) is 12.2 Å². The van der Waals surface area contributed by atoms with Gasteiger partial charge in [-0.05, 0) is 38.0 Å². The first-order valence-electron chi connectivity index (χ1n) is 7.22. The molecule has 2 aliphatic rings. The zero-order valence-corrected chi connectivity index (χ0v) is 10.7. The second kappa shape index (κ2) is 6.61. The summed E-state index contributed by atoms with van der Waals surface area (Å²) in [6.45, 7) is 4.27. The van der Waals surface area contributed by atoms with E-state index in [1.54, 1.807) is 0 Å². The first-order valence-corrected chi connectivity index (χ1v) is 7.22. The smallest absolute Gasteiger partial charge is 0.0480 e. The van der Waals surface area contributed by atoms with Gasteiger partial charge >= 0.3 is 0 Å². The molecule has 2 rings (SSSR count). The average Bonchev–Trinajstić information content (AvgIpc) is 2.58. The van der Waals surface area contributed by atoms with Crippen molar-refractivity contribution in [2.24, 2.45) is 5.92 Å². The number of ether oxygens (including phenoxy) is 1. The van der Waals surface area contributed by atoms with Crippen molar-refractivity contribution in [3.63, 3.8) is 0 Å². The monoisotopic (exact) mass is 225 g/mol. The van der Waals surface area contributed by atoms with Crippen LogP contribution in [0.4, 0.5) is 0 Å². The molecular formula is C14H27NO. The van der Waals surface area contributed by atoms with Crippen LogP contribution in [0.1, 0.15) is 58.3 Å². The third-order valence-corrected chi connectivity index (χ3v) is 4.28. The van der Waals surface area contributed by atoms with Crippen molar-refractivity contribution in [2.75, 3.05) is 13.2 Å². The molecule has 3 atom stereocenters. The zero-order valence-electron chi connectivity index (χ0n) is 10.7. The van der Waals surface area contributed by atoms with E-state index in [-0.39, 0.29) is 0 Å². The SMILES string of the molecule is CCC1CCCC(NC2CCCOCC2)C1. The van der Waals surface area contributed by atoms with Gasteiger partial charge in [0.2, 0.25) is 0 Å². The molecule has 3 unspecified atom stereocenters. The van der Waals surface area contributed by atoms with E-state index in [1.165, 1.54) is 51.4 Å². The molecule has 1 aliphatic carbocycles. The summed E-state index contributed by atoms with van der Waals surface area (Å²) in [6.07, 6.45) is 10.8. The summed E-state index contributed by atoms with van der Waals surface area (Å²) in [7, 11) is 0. The summed E-state index contributed by atoms with van der Waals surface area (Å²) in [5, 5.41) is 3.88. The Morgan fingerprint density at radius 3 is 2.75 bits per heavy atom. The molecule has 1 N–H and O–H groups in total. The quantitative estimate of drug-likeness (QED) is 0.797. The maximum atomic E-state index is 5.52. The first kappa shape index (κ1) is 12.4. The van der Waals surface area contributed by atoms with Gasteiger partial charge in [0.25, 0.3) is 0 Å². The topological polar surface area (TPSA) is 21.3 Å². The number of rotatable bonds is 3. The molecule has 0 spiro atoms. The predicted molar refractivity (Wildman–Crippen MR) is 67.6 cm³/mol. The highest BCUT2D eigenvalue weighted by Crippen LogP contribution is 2.27. The number of hydrogen-bond acceptors (Lipinski definition) is 2. The molecule has 0 radical (unpaired) electrons. The third-order valence-electron chi connectivity index (χ3n) is 4.28. The maximum Gasteiger partial charge on any atom is 0.0480 e. The molecule has 0 aromatic rings. The molecule has 0 aromatic heterocycles. The summed E-state index contributed by atoms with van der Waals surface area (Å²) >= 11 is 0. The Hall–Kier alpha value is -0.0800. The van der Waals surface area contributed by atoms with E-state index in [1.807, 2.05) is 0 Å². The lowest BCUT2D eigenvalue weighted by Gasteiger charge is -2.32. The largest absolute Gasteiger partial charge is 0.381 e. The average molecular weight is 225 g/mol. The van der Waals surface area contributed by atoms with Crippen LogP contribution in [0.5, 0.6) is 0 Å². The Kier molecular flexibility index (Phi) is 5.11. The van der Waals surface area contributed by atoms with Crippen LogP contribution in [0.3, 0.4) is 0 Å². The summed E-state index contributed by atoms with van der Waals surface area (Å²) in [6, 6.07) is 1.52. The molecule has 2 nitrogen and oxygen atoms in total. The van der Waals surface area contributed by atoms with Crippen LogP contribution < -0.4 is 5.32 Å². The van der Waals surface area contributed by atoms with Crippen LogP contribution in [-0.4, -0.2) is 25.3 Å². The van der Waals surface area contributed by atoms with Gasteiger partial charge in [-0.15, -0.1) is 0 Å². The zero-order chi connectivity index (χ0) is 11.2. The Morgan fingerprint density at radius 2 is 1.88 bits per heavy atom. The fourth-order valence-corrected chi connectivity index (χ4v) is 3.22. The minimum atomic E-state index is 0.725. The van der Waals surface area contributed by atoms with Crippen molar-refractivity contribution in [2.45, 2.75) is 70.4 Å². The molecule has 1 aliphatic heterocycles. The van der Waals surface area contributed by atoms with Gasteiger partial charge in [0, 0.05) is 25.3 Å². The third kappa shape index (κ3) is 3.74. The van der Waals surface area contributed by atoms with Gasteiger partial charge in [0.15, 0.2) is 0 Å². The predicted octanol–water partition coefficient (Wildman–Crippen LogP) is 3.11. The molecule has 0 bridgehead atoms. The highest BCUT2D eigenvalue weighted by Gasteiger charge is 2.23. The summed E-state index contributed by atoms with van der Waals surface area (Å²) in [5.41, 5.74) is 0. The molecule has 94 valence electrons. The van der Waals surface area contributed by atoms with Crippen molar-refractivity contribution < 1.29 is 4.74 Å². The van der Waals surface area contributed by atoms with E-state index in [9.17, 15) is 0 Å².